The number of thiazole rings is 1. The van der Waals surface area contributed by atoms with Gasteiger partial charge in [-0.05, 0) is 38.5 Å². The molecule has 0 unspecified atom stereocenters. The SMILES string of the molecule is CN=C(NCc1ccc(OC(C)C)cc1)NCc1ncc(C)s1. The second kappa shape index (κ2) is 8.53. The van der Waals surface area contributed by atoms with Crippen molar-refractivity contribution in [2.24, 2.45) is 4.99 Å². The number of hydrogen-bond donors (Lipinski definition) is 2. The molecule has 0 aliphatic heterocycles. The van der Waals surface area contributed by atoms with Crippen LogP contribution in [-0.4, -0.2) is 24.1 Å². The molecule has 0 bridgehead atoms. The first kappa shape index (κ1) is 17.3. The summed E-state index contributed by atoms with van der Waals surface area (Å²) in [7, 11) is 1.77. The Balaban J connectivity index is 1.80. The van der Waals surface area contributed by atoms with Gasteiger partial charge in [0.1, 0.15) is 10.8 Å². The van der Waals surface area contributed by atoms with E-state index >= 15 is 0 Å². The number of aryl methyl sites for hydroxylation is 1. The van der Waals surface area contributed by atoms with E-state index in [1.807, 2.05) is 32.2 Å². The molecule has 23 heavy (non-hydrogen) atoms. The lowest BCUT2D eigenvalue weighted by Gasteiger charge is -2.12. The van der Waals surface area contributed by atoms with E-state index in [1.165, 1.54) is 10.4 Å². The third-order valence-corrected chi connectivity index (χ3v) is 3.97. The molecule has 0 saturated carbocycles. The maximum Gasteiger partial charge on any atom is 0.191 e. The van der Waals surface area contributed by atoms with Gasteiger partial charge >= 0.3 is 0 Å². The Labute approximate surface area is 141 Å². The Morgan fingerprint density at radius 2 is 1.91 bits per heavy atom. The average Bonchev–Trinajstić information content (AvgIpc) is 2.94. The van der Waals surface area contributed by atoms with Crippen LogP contribution < -0.4 is 15.4 Å². The number of hydrogen-bond acceptors (Lipinski definition) is 4. The van der Waals surface area contributed by atoms with E-state index < -0.39 is 0 Å². The van der Waals surface area contributed by atoms with Gasteiger partial charge in [-0.25, -0.2) is 4.98 Å². The van der Waals surface area contributed by atoms with Gasteiger partial charge in [-0.1, -0.05) is 12.1 Å². The highest BCUT2D eigenvalue weighted by Gasteiger charge is 2.02. The fourth-order valence-corrected chi connectivity index (χ4v) is 2.73. The normalized spacial score (nSPS) is 11.6. The van der Waals surface area contributed by atoms with Crippen LogP contribution in [0.3, 0.4) is 0 Å². The van der Waals surface area contributed by atoms with E-state index in [2.05, 4.69) is 39.7 Å². The van der Waals surface area contributed by atoms with Gasteiger partial charge in [0.05, 0.1) is 12.6 Å². The summed E-state index contributed by atoms with van der Waals surface area (Å²) in [4.78, 5) is 9.78. The molecule has 0 aliphatic rings. The molecule has 1 heterocycles. The number of aliphatic imine (C=N–C) groups is 1. The molecule has 124 valence electrons. The van der Waals surface area contributed by atoms with Crippen molar-refractivity contribution in [1.29, 1.82) is 0 Å². The summed E-state index contributed by atoms with van der Waals surface area (Å²) in [6, 6.07) is 8.10. The van der Waals surface area contributed by atoms with Gasteiger partial charge in [0.25, 0.3) is 0 Å². The standard InChI is InChI=1S/C17H24N4OS/c1-12(2)22-15-7-5-14(6-8-15)10-20-17(18-4)21-11-16-19-9-13(3)23-16/h5-9,12H,10-11H2,1-4H3,(H2,18,20,21). The Hall–Kier alpha value is -2.08. The molecular weight excluding hydrogens is 308 g/mol. The summed E-state index contributed by atoms with van der Waals surface area (Å²) in [6.45, 7) is 7.49. The van der Waals surface area contributed by atoms with E-state index in [4.69, 9.17) is 4.74 Å². The smallest absolute Gasteiger partial charge is 0.191 e. The van der Waals surface area contributed by atoms with E-state index in [9.17, 15) is 0 Å². The van der Waals surface area contributed by atoms with Gasteiger partial charge in [-0.15, -0.1) is 11.3 Å². The number of rotatable bonds is 6. The second-order valence-electron chi connectivity index (χ2n) is 5.45. The first-order valence-corrected chi connectivity index (χ1v) is 8.50. The highest BCUT2D eigenvalue weighted by atomic mass is 32.1. The van der Waals surface area contributed by atoms with Crippen molar-refractivity contribution < 1.29 is 4.74 Å². The molecule has 1 aromatic heterocycles. The van der Waals surface area contributed by atoms with E-state index in [0.717, 1.165) is 16.7 Å². The lowest BCUT2D eigenvalue weighted by atomic mass is 10.2. The van der Waals surface area contributed by atoms with Crippen LogP contribution in [0.2, 0.25) is 0 Å². The Bertz CT molecular complexity index is 634. The van der Waals surface area contributed by atoms with Crippen LogP contribution in [0.15, 0.2) is 35.5 Å². The molecule has 1 aromatic carbocycles. The Morgan fingerprint density at radius 1 is 1.22 bits per heavy atom. The topological polar surface area (TPSA) is 58.5 Å². The fraction of sp³-hybridized carbons (Fsp3) is 0.412. The quantitative estimate of drug-likeness (QED) is 0.630. The number of guanidine groups is 1. The average molecular weight is 332 g/mol. The number of benzene rings is 1. The monoisotopic (exact) mass is 332 g/mol. The van der Waals surface area contributed by atoms with Crippen LogP contribution in [0, 0.1) is 6.92 Å². The molecule has 0 spiro atoms. The van der Waals surface area contributed by atoms with Gasteiger partial charge in [-0.2, -0.15) is 0 Å². The predicted molar refractivity (Wildman–Crippen MR) is 96.1 cm³/mol. The molecular formula is C17H24N4OS. The van der Waals surface area contributed by atoms with Gasteiger partial charge in [0.2, 0.25) is 0 Å². The number of nitrogens with one attached hydrogen (secondary N) is 2. The molecule has 0 atom stereocenters. The maximum absolute atomic E-state index is 5.64. The second-order valence-corrected chi connectivity index (χ2v) is 6.77. The molecule has 0 aliphatic carbocycles. The van der Waals surface area contributed by atoms with Gasteiger partial charge in [0.15, 0.2) is 5.96 Å². The van der Waals surface area contributed by atoms with Crippen molar-refractivity contribution in [3.05, 3.63) is 45.9 Å². The van der Waals surface area contributed by atoms with Crippen LogP contribution in [0.25, 0.3) is 0 Å². The molecule has 2 aromatic rings. The zero-order chi connectivity index (χ0) is 16.7. The molecule has 0 fully saturated rings. The summed E-state index contributed by atoms with van der Waals surface area (Å²) < 4.78 is 5.64. The van der Waals surface area contributed by atoms with Gasteiger partial charge in [0, 0.05) is 24.7 Å². The van der Waals surface area contributed by atoms with Crippen LogP contribution in [-0.2, 0) is 13.1 Å². The molecule has 0 amide bonds. The molecule has 0 saturated heterocycles. The predicted octanol–water partition coefficient (Wildman–Crippen LogP) is 3.10. The van der Waals surface area contributed by atoms with Gasteiger partial charge < -0.3 is 15.4 Å². The number of nitrogens with zero attached hydrogens (tertiary/aromatic N) is 2. The minimum absolute atomic E-state index is 0.191. The minimum Gasteiger partial charge on any atom is -0.491 e. The third kappa shape index (κ3) is 5.90. The Morgan fingerprint density at radius 3 is 2.48 bits per heavy atom. The van der Waals surface area contributed by atoms with Crippen molar-refractivity contribution in [2.45, 2.75) is 40.0 Å². The summed E-state index contributed by atoms with van der Waals surface area (Å²) in [6.07, 6.45) is 2.08. The summed E-state index contributed by atoms with van der Waals surface area (Å²) >= 11 is 1.69. The lowest BCUT2D eigenvalue weighted by Crippen LogP contribution is -2.36. The maximum atomic E-state index is 5.64. The van der Waals surface area contributed by atoms with E-state index in [0.29, 0.717) is 13.1 Å². The van der Waals surface area contributed by atoms with E-state index in [-0.39, 0.29) is 6.10 Å². The lowest BCUT2D eigenvalue weighted by molar-refractivity contribution is 0.242. The molecule has 2 N–H and O–H groups in total. The van der Waals surface area contributed by atoms with Crippen molar-refractivity contribution in [2.75, 3.05) is 7.05 Å². The highest BCUT2D eigenvalue weighted by molar-refractivity contribution is 7.11. The Kier molecular flexibility index (Phi) is 6.40. The van der Waals surface area contributed by atoms with E-state index in [1.54, 1.807) is 18.4 Å². The zero-order valence-corrected chi connectivity index (χ0v) is 14.9. The minimum atomic E-state index is 0.191. The highest BCUT2D eigenvalue weighted by Crippen LogP contribution is 2.13. The summed E-state index contributed by atoms with van der Waals surface area (Å²) in [5, 5.41) is 7.62. The summed E-state index contributed by atoms with van der Waals surface area (Å²) in [5.41, 5.74) is 1.18. The number of ether oxygens (including phenoxy) is 1. The first-order valence-electron chi connectivity index (χ1n) is 7.68. The largest absolute Gasteiger partial charge is 0.491 e. The van der Waals surface area contributed by atoms with Crippen LogP contribution in [0.5, 0.6) is 5.75 Å². The van der Waals surface area contributed by atoms with Crippen LogP contribution >= 0.6 is 11.3 Å². The van der Waals surface area contributed by atoms with Crippen LogP contribution in [0.1, 0.15) is 29.3 Å². The van der Waals surface area contributed by atoms with Crippen LogP contribution in [0.4, 0.5) is 0 Å². The van der Waals surface area contributed by atoms with Crippen molar-refractivity contribution in [3.8, 4) is 5.75 Å². The van der Waals surface area contributed by atoms with Gasteiger partial charge in [-0.3, -0.25) is 4.99 Å². The first-order chi connectivity index (χ1) is 11.1. The molecule has 6 heteroatoms. The summed E-state index contributed by atoms with van der Waals surface area (Å²) in [5.74, 6) is 1.66. The van der Waals surface area contributed by atoms with Crippen molar-refractivity contribution >= 4 is 17.3 Å². The zero-order valence-electron chi connectivity index (χ0n) is 14.1. The molecule has 0 radical (unpaired) electrons. The third-order valence-electron chi connectivity index (χ3n) is 3.05. The molecule has 5 nitrogen and oxygen atoms in total. The molecule has 2 rings (SSSR count). The van der Waals surface area contributed by atoms with Crippen molar-refractivity contribution in [3.63, 3.8) is 0 Å². The van der Waals surface area contributed by atoms with Crippen molar-refractivity contribution in [1.82, 2.24) is 15.6 Å². The number of aromatic nitrogens is 1. The fourth-order valence-electron chi connectivity index (χ4n) is 2.01.